The van der Waals surface area contributed by atoms with Crippen LogP contribution in [0.15, 0.2) is 0 Å². The van der Waals surface area contributed by atoms with Gasteiger partial charge in [-0.05, 0) is 13.5 Å². The first-order valence-electron chi connectivity index (χ1n) is 8.42. The standard InChI is InChI=1S/C16H33NO3/c1-3-4-5-6-7-8-9-10-11-12-13-18-16-19-14-15(17-2)20-16/h15-17H,3-14H2,1-2H3. The van der Waals surface area contributed by atoms with Crippen molar-refractivity contribution in [3.63, 3.8) is 0 Å². The number of nitrogens with one attached hydrogen (secondary N) is 1. The van der Waals surface area contributed by atoms with Crippen molar-refractivity contribution in [3.05, 3.63) is 0 Å². The van der Waals surface area contributed by atoms with Gasteiger partial charge in [-0.15, -0.1) is 0 Å². The summed E-state index contributed by atoms with van der Waals surface area (Å²) < 4.78 is 16.3. The van der Waals surface area contributed by atoms with Crippen molar-refractivity contribution in [1.82, 2.24) is 5.32 Å². The highest BCUT2D eigenvalue weighted by molar-refractivity contribution is 4.55. The third kappa shape index (κ3) is 8.90. The molecular formula is C16H33NO3. The Bertz CT molecular complexity index is 214. The van der Waals surface area contributed by atoms with E-state index in [1.54, 1.807) is 0 Å². The first kappa shape index (κ1) is 17.9. The van der Waals surface area contributed by atoms with Crippen molar-refractivity contribution in [3.8, 4) is 0 Å². The number of ether oxygens (including phenoxy) is 3. The molecular weight excluding hydrogens is 254 g/mol. The topological polar surface area (TPSA) is 39.7 Å². The molecule has 0 aromatic carbocycles. The van der Waals surface area contributed by atoms with Crippen LogP contribution < -0.4 is 5.32 Å². The Balaban J connectivity index is 1.75. The van der Waals surface area contributed by atoms with E-state index in [0.29, 0.717) is 6.61 Å². The molecule has 0 radical (unpaired) electrons. The van der Waals surface area contributed by atoms with Gasteiger partial charge in [0.25, 0.3) is 6.48 Å². The first-order chi connectivity index (χ1) is 9.86. The number of unbranched alkanes of at least 4 members (excludes halogenated alkanes) is 9. The molecule has 0 spiro atoms. The van der Waals surface area contributed by atoms with E-state index in [1.165, 1.54) is 57.8 Å². The molecule has 1 saturated heterocycles. The summed E-state index contributed by atoms with van der Waals surface area (Å²) in [7, 11) is 1.86. The fourth-order valence-corrected chi connectivity index (χ4v) is 2.39. The summed E-state index contributed by atoms with van der Waals surface area (Å²) >= 11 is 0. The summed E-state index contributed by atoms with van der Waals surface area (Å²) in [5, 5.41) is 3.01. The lowest BCUT2D eigenvalue weighted by Gasteiger charge is -2.11. The fourth-order valence-electron chi connectivity index (χ4n) is 2.39. The van der Waals surface area contributed by atoms with E-state index in [2.05, 4.69) is 12.2 Å². The first-order valence-corrected chi connectivity index (χ1v) is 8.42. The fraction of sp³-hybridized carbons (Fsp3) is 1.00. The Morgan fingerprint density at radius 2 is 1.55 bits per heavy atom. The maximum atomic E-state index is 5.52. The molecule has 2 unspecified atom stereocenters. The van der Waals surface area contributed by atoms with Crippen LogP contribution in [-0.4, -0.2) is 33.0 Å². The predicted molar refractivity (Wildman–Crippen MR) is 81.5 cm³/mol. The summed E-state index contributed by atoms with van der Waals surface area (Å²) in [5.74, 6) is 0. The normalized spacial score (nSPS) is 22.5. The zero-order valence-corrected chi connectivity index (χ0v) is 13.4. The van der Waals surface area contributed by atoms with Crippen LogP contribution in [0.2, 0.25) is 0 Å². The van der Waals surface area contributed by atoms with E-state index >= 15 is 0 Å². The lowest BCUT2D eigenvalue weighted by Crippen LogP contribution is -2.27. The molecule has 0 aromatic heterocycles. The molecule has 1 aliphatic rings. The van der Waals surface area contributed by atoms with Gasteiger partial charge in [-0.3, -0.25) is 5.32 Å². The third-order valence-electron chi connectivity index (χ3n) is 3.73. The van der Waals surface area contributed by atoms with Crippen LogP contribution >= 0.6 is 0 Å². The molecule has 120 valence electrons. The summed E-state index contributed by atoms with van der Waals surface area (Å²) in [5.41, 5.74) is 0. The minimum atomic E-state index is -0.467. The Kier molecular flexibility index (Phi) is 11.2. The molecule has 0 bridgehead atoms. The third-order valence-corrected chi connectivity index (χ3v) is 3.73. The maximum Gasteiger partial charge on any atom is 0.273 e. The molecule has 0 amide bonds. The average molecular weight is 287 g/mol. The predicted octanol–water partition coefficient (Wildman–Crippen LogP) is 3.80. The van der Waals surface area contributed by atoms with Gasteiger partial charge in [-0.2, -0.15) is 0 Å². The van der Waals surface area contributed by atoms with Gasteiger partial charge in [0.2, 0.25) is 0 Å². The lowest BCUT2D eigenvalue weighted by atomic mass is 10.1. The van der Waals surface area contributed by atoms with Crippen LogP contribution in [0, 0.1) is 0 Å². The van der Waals surface area contributed by atoms with E-state index in [9.17, 15) is 0 Å². The molecule has 1 rings (SSSR count). The Hall–Kier alpha value is -0.160. The molecule has 4 heteroatoms. The Labute approximate surface area is 124 Å². The van der Waals surface area contributed by atoms with Crippen LogP contribution in [0.5, 0.6) is 0 Å². The highest BCUT2D eigenvalue weighted by Gasteiger charge is 2.24. The van der Waals surface area contributed by atoms with E-state index in [0.717, 1.165) is 13.0 Å². The second kappa shape index (κ2) is 12.6. The second-order valence-corrected chi connectivity index (χ2v) is 5.59. The quantitative estimate of drug-likeness (QED) is 0.523. The molecule has 2 atom stereocenters. The van der Waals surface area contributed by atoms with Gasteiger partial charge in [0.15, 0.2) is 0 Å². The summed E-state index contributed by atoms with van der Waals surface area (Å²) in [6, 6.07) is 0. The van der Waals surface area contributed by atoms with Crippen molar-refractivity contribution in [2.45, 2.75) is 83.8 Å². The summed E-state index contributed by atoms with van der Waals surface area (Å²) in [4.78, 5) is 0. The zero-order valence-electron chi connectivity index (χ0n) is 13.4. The molecule has 0 aliphatic carbocycles. The minimum Gasteiger partial charge on any atom is -0.330 e. The van der Waals surface area contributed by atoms with Crippen LogP contribution in [-0.2, 0) is 14.2 Å². The van der Waals surface area contributed by atoms with Crippen molar-refractivity contribution in [2.24, 2.45) is 0 Å². The molecule has 20 heavy (non-hydrogen) atoms. The van der Waals surface area contributed by atoms with Gasteiger partial charge >= 0.3 is 0 Å². The van der Waals surface area contributed by atoms with Crippen LogP contribution in [0.3, 0.4) is 0 Å². The van der Waals surface area contributed by atoms with Crippen LogP contribution in [0.1, 0.15) is 71.1 Å². The number of hydrogen-bond acceptors (Lipinski definition) is 4. The Morgan fingerprint density at radius 1 is 0.950 bits per heavy atom. The SMILES string of the molecule is CCCCCCCCCCCCOC1OCC(NC)O1. The molecule has 0 saturated carbocycles. The number of likely N-dealkylation sites (N-methyl/N-ethyl adjacent to an activating group) is 1. The van der Waals surface area contributed by atoms with Crippen LogP contribution in [0.4, 0.5) is 0 Å². The van der Waals surface area contributed by atoms with E-state index in [-0.39, 0.29) is 6.23 Å². The molecule has 4 nitrogen and oxygen atoms in total. The Morgan fingerprint density at radius 3 is 2.10 bits per heavy atom. The molecule has 0 aromatic rings. The number of rotatable bonds is 13. The van der Waals surface area contributed by atoms with Gasteiger partial charge in [-0.25, -0.2) is 0 Å². The molecule has 1 heterocycles. The van der Waals surface area contributed by atoms with Gasteiger partial charge in [0, 0.05) is 0 Å². The van der Waals surface area contributed by atoms with E-state index in [4.69, 9.17) is 14.2 Å². The van der Waals surface area contributed by atoms with Crippen molar-refractivity contribution < 1.29 is 14.2 Å². The monoisotopic (exact) mass is 287 g/mol. The largest absolute Gasteiger partial charge is 0.330 e. The summed E-state index contributed by atoms with van der Waals surface area (Å²) in [6.07, 6.45) is 13.4. The van der Waals surface area contributed by atoms with Crippen molar-refractivity contribution in [1.29, 1.82) is 0 Å². The maximum absolute atomic E-state index is 5.52. The average Bonchev–Trinajstić information content (AvgIpc) is 2.93. The zero-order chi connectivity index (χ0) is 14.5. The van der Waals surface area contributed by atoms with Gasteiger partial charge < -0.3 is 14.2 Å². The minimum absolute atomic E-state index is 0.0206. The highest BCUT2D eigenvalue weighted by atomic mass is 16.9. The van der Waals surface area contributed by atoms with Crippen molar-refractivity contribution >= 4 is 0 Å². The molecule has 1 N–H and O–H groups in total. The van der Waals surface area contributed by atoms with Crippen LogP contribution in [0.25, 0.3) is 0 Å². The number of hydrogen-bond donors (Lipinski definition) is 1. The lowest BCUT2D eigenvalue weighted by molar-refractivity contribution is -0.238. The smallest absolute Gasteiger partial charge is 0.273 e. The van der Waals surface area contributed by atoms with Gasteiger partial charge in [-0.1, -0.05) is 64.7 Å². The van der Waals surface area contributed by atoms with Gasteiger partial charge in [0.1, 0.15) is 6.23 Å². The van der Waals surface area contributed by atoms with E-state index in [1.807, 2.05) is 7.05 Å². The highest BCUT2D eigenvalue weighted by Crippen LogP contribution is 2.13. The van der Waals surface area contributed by atoms with Crippen molar-refractivity contribution in [2.75, 3.05) is 20.3 Å². The summed E-state index contributed by atoms with van der Waals surface area (Å²) in [6.45, 7) is 3.10. The molecule has 1 aliphatic heterocycles. The van der Waals surface area contributed by atoms with E-state index < -0.39 is 6.48 Å². The van der Waals surface area contributed by atoms with Gasteiger partial charge in [0.05, 0.1) is 13.2 Å². The molecule has 1 fully saturated rings. The second-order valence-electron chi connectivity index (χ2n) is 5.59.